The van der Waals surface area contributed by atoms with Gasteiger partial charge in [0.15, 0.2) is 5.96 Å². The molecule has 0 aliphatic carbocycles. The summed E-state index contributed by atoms with van der Waals surface area (Å²) in [4.78, 5) is 5.77. The fourth-order valence-corrected chi connectivity index (χ4v) is 4.42. The summed E-state index contributed by atoms with van der Waals surface area (Å²) in [5, 5.41) is 9.80. The molecular weight excluding hydrogens is 286 g/mol. The maximum Gasteiger partial charge on any atom is 0.191 e. The number of thioether (sulfide) groups is 1. The standard InChI is InChI=1S/C15H25N3S2/c1-12(9-13-5-3-7-19-13)10-17-15(16-2)18-11-14-6-4-8-20-14/h3,5,7,12,14H,4,6,8-11H2,1-2H3,(H2,16,17,18). The lowest BCUT2D eigenvalue weighted by molar-refractivity contribution is 0.561. The Morgan fingerprint density at radius 2 is 2.40 bits per heavy atom. The maximum absolute atomic E-state index is 4.31. The van der Waals surface area contributed by atoms with E-state index in [2.05, 4.69) is 51.8 Å². The van der Waals surface area contributed by atoms with Gasteiger partial charge >= 0.3 is 0 Å². The molecule has 1 saturated heterocycles. The average molecular weight is 312 g/mol. The van der Waals surface area contributed by atoms with Crippen LogP contribution in [-0.2, 0) is 6.42 Å². The molecule has 1 aliphatic heterocycles. The lowest BCUT2D eigenvalue weighted by Gasteiger charge is -2.17. The molecule has 2 N–H and O–H groups in total. The minimum atomic E-state index is 0.619. The van der Waals surface area contributed by atoms with Crippen molar-refractivity contribution in [3.63, 3.8) is 0 Å². The van der Waals surface area contributed by atoms with Gasteiger partial charge in [0.2, 0.25) is 0 Å². The lowest BCUT2D eigenvalue weighted by Crippen LogP contribution is -2.42. The predicted molar refractivity (Wildman–Crippen MR) is 92.0 cm³/mol. The topological polar surface area (TPSA) is 36.4 Å². The molecule has 2 heterocycles. The molecule has 3 nitrogen and oxygen atoms in total. The number of hydrogen-bond acceptors (Lipinski definition) is 3. The van der Waals surface area contributed by atoms with Crippen molar-refractivity contribution >= 4 is 29.1 Å². The van der Waals surface area contributed by atoms with Crippen LogP contribution in [0.2, 0.25) is 0 Å². The van der Waals surface area contributed by atoms with Gasteiger partial charge in [-0.1, -0.05) is 13.0 Å². The molecule has 5 heteroatoms. The van der Waals surface area contributed by atoms with E-state index in [9.17, 15) is 0 Å². The third kappa shape index (κ3) is 5.37. The summed E-state index contributed by atoms with van der Waals surface area (Å²) in [5.41, 5.74) is 0. The number of guanidine groups is 1. The normalized spacial score (nSPS) is 20.9. The molecule has 0 saturated carbocycles. The summed E-state index contributed by atoms with van der Waals surface area (Å²) < 4.78 is 0. The van der Waals surface area contributed by atoms with Crippen molar-refractivity contribution in [1.82, 2.24) is 10.6 Å². The van der Waals surface area contributed by atoms with Crippen LogP contribution in [0, 0.1) is 5.92 Å². The van der Waals surface area contributed by atoms with Crippen LogP contribution >= 0.6 is 23.1 Å². The first-order valence-electron chi connectivity index (χ1n) is 7.36. The summed E-state index contributed by atoms with van der Waals surface area (Å²) in [6.07, 6.45) is 3.84. The van der Waals surface area contributed by atoms with E-state index in [-0.39, 0.29) is 0 Å². The molecule has 0 spiro atoms. The highest BCUT2D eigenvalue weighted by Gasteiger charge is 2.15. The van der Waals surface area contributed by atoms with E-state index in [0.717, 1.165) is 30.7 Å². The monoisotopic (exact) mass is 311 g/mol. The fraction of sp³-hybridized carbons (Fsp3) is 0.667. The number of nitrogens with one attached hydrogen (secondary N) is 2. The maximum atomic E-state index is 4.31. The number of hydrogen-bond donors (Lipinski definition) is 2. The molecule has 0 aromatic carbocycles. The van der Waals surface area contributed by atoms with Gasteiger partial charge in [-0.2, -0.15) is 11.8 Å². The summed E-state index contributed by atoms with van der Waals surface area (Å²) in [6.45, 7) is 4.28. The Labute approximate surface area is 130 Å². The molecule has 2 unspecified atom stereocenters. The van der Waals surface area contributed by atoms with Crippen molar-refractivity contribution in [3.05, 3.63) is 22.4 Å². The Morgan fingerprint density at radius 1 is 1.50 bits per heavy atom. The van der Waals surface area contributed by atoms with Crippen molar-refractivity contribution < 1.29 is 0 Å². The zero-order valence-electron chi connectivity index (χ0n) is 12.4. The largest absolute Gasteiger partial charge is 0.356 e. The van der Waals surface area contributed by atoms with E-state index >= 15 is 0 Å². The summed E-state index contributed by atoms with van der Waals surface area (Å²) >= 11 is 3.92. The van der Waals surface area contributed by atoms with E-state index in [0.29, 0.717) is 5.92 Å². The van der Waals surface area contributed by atoms with Crippen LogP contribution in [-0.4, -0.2) is 37.1 Å². The van der Waals surface area contributed by atoms with Gasteiger partial charge in [-0.05, 0) is 42.4 Å². The SMILES string of the molecule is CN=C(NCC(C)Cc1cccs1)NCC1CCCS1. The smallest absolute Gasteiger partial charge is 0.191 e. The Kier molecular flexibility index (Phi) is 6.73. The van der Waals surface area contributed by atoms with Crippen LogP contribution < -0.4 is 10.6 Å². The third-order valence-electron chi connectivity index (χ3n) is 3.49. The van der Waals surface area contributed by atoms with Crippen LogP contribution in [0.25, 0.3) is 0 Å². The second kappa shape index (κ2) is 8.57. The predicted octanol–water partition coefficient (Wildman–Crippen LogP) is 2.99. The van der Waals surface area contributed by atoms with Crippen molar-refractivity contribution in [2.75, 3.05) is 25.9 Å². The van der Waals surface area contributed by atoms with Gasteiger partial charge in [0.05, 0.1) is 0 Å². The van der Waals surface area contributed by atoms with E-state index in [4.69, 9.17) is 0 Å². The van der Waals surface area contributed by atoms with Crippen LogP contribution in [0.4, 0.5) is 0 Å². The second-order valence-corrected chi connectivity index (χ2v) is 7.80. The van der Waals surface area contributed by atoms with Gasteiger partial charge in [-0.15, -0.1) is 11.3 Å². The highest BCUT2D eigenvalue weighted by atomic mass is 32.2. The second-order valence-electron chi connectivity index (χ2n) is 5.36. The van der Waals surface area contributed by atoms with Gasteiger partial charge in [-0.25, -0.2) is 0 Å². The van der Waals surface area contributed by atoms with Gasteiger partial charge in [0.25, 0.3) is 0 Å². The van der Waals surface area contributed by atoms with Crippen LogP contribution in [0.5, 0.6) is 0 Å². The minimum absolute atomic E-state index is 0.619. The zero-order chi connectivity index (χ0) is 14.2. The number of nitrogens with zero attached hydrogens (tertiary/aromatic N) is 1. The van der Waals surface area contributed by atoms with Gasteiger partial charge in [-0.3, -0.25) is 4.99 Å². The Hall–Kier alpha value is -0.680. The first-order valence-corrected chi connectivity index (χ1v) is 9.29. The molecule has 1 aromatic heterocycles. The molecule has 1 aromatic rings. The number of rotatable bonds is 6. The van der Waals surface area contributed by atoms with Gasteiger partial charge in [0.1, 0.15) is 0 Å². The van der Waals surface area contributed by atoms with Crippen LogP contribution in [0.15, 0.2) is 22.5 Å². The summed E-state index contributed by atoms with van der Waals surface area (Å²) in [5.74, 6) is 2.87. The van der Waals surface area contributed by atoms with Gasteiger partial charge < -0.3 is 10.6 Å². The van der Waals surface area contributed by atoms with Crippen molar-refractivity contribution in [2.45, 2.75) is 31.4 Å². The highest BCUT2D eigenvalue weighted by Crippen LogP contribution is 2.25. The Morgan fingerprint density at radius 3 is 3.05 bits per heavy atom. The van der Waals surface area contributed by atoms with Crippen molar-refractivity contribution in [3.8, 4) is 0 Å². The molecule has 20 heavy (non-hydrogen) atoms. The molecule has 0 radical (unpaired) electrons. The van der Waals surface area contributed by atoms with E-state index in [1.807, 2.05) is 18.4 Å². The molecular formula is C15H25N3S2. The van der Waals surface area contributed by atoms with Crippen molar-refractivity contribution in [1.29, 1.82) is 0 Å². The van der Waals surface area contributed by atoms with Crippen molar-refractivity contribution in [2.24, 2.45) is 10.9 Å². The van der Waals surface area contributed by atoms with E-state index < -0.39 is 0 Å². The lowest BCUT2D eigenvalue weighted by atomic mass is 10.1. The van der Waals surface area contributed by atoms with Crippen LogP contribution in [0.1, 0.15) is 24.6 Å². The minimum Gasteiger partial charge on any atom is -0.356 e. The highest BCUT2D eigenvalue weighted by molar-refractivity contribution is 8.00. The van der Waals surface area contributed by atoms with Gasteiger partial charge in [0, 0.05) is 30.3 Å². The molecule has 1 aliphatic rings. The van der Waals surface area contributed by atoms with E-state index in [1.165, 1.54) is 23.5 Å². The molecule has 0 amide bonds. The number of aliphatic imine (C=N–C) groups is 1. The molecule has 0 bridgehead atoms. The summed E-state index contributed by atoms with van der Waals surface area (Å²) in [7, 11) is 1.85. The molecule has 112 valence electrons. The fourth-order valence-electron chi connectivity index (χ4n) is 2.35. The first kappa shape index (κ1) is 15.7. The molecule has 2 rings (SSSR count). The zero-order valence-corrected chi connectivity index (χ0v) is 14.0. The summed E-state index contributed by atoms with van der Waals surface area (Å²) in [6, 6.07) is 4.34. The molecule has 2 atom stereocenters. The Balaban J connectivity index is 1.65. The van der Waals surface area contributed by atoms with Crippen LogP contribution in [0.3, 0.4) is 0 Å². The quantitative estimate of drug-likeness (QED) is 0.626. The first-order chi connectivity index (χ1) is 9.78. The Bertz CT molecular complexity index is 397. The van der Waals surface area contributed by atoms with E-state index in [1.54, 1.807) is 0 Å². The third-order valence-corrected chi connectivity index (χ3v) is 5.79. The number of thiophene rings is 1. The molecule has 1 fully saturated rings. The average Bonchev–Trinajstić information content (AvgIpc) is 3.12.